The number of nitrogens with zero attached hydrogens (tertiary/aromatic N) is 2. The maximum atomic E-state index is 12.7. The van der Waals surface area contributed by atoms with Crippen LogP contribution in [0, 0.1) is 0 Å². The Morgan fingerprint density at radius 3 is 1.25 bits per heavy atom. The first-order valence-electron chi connectivity index (χ1n) is 6.14. The standard InChI is InChI=1S/C14H6Br2F6N2/c15-9-3-1-7(13(17,18)19)5-11(9)23-24-12-6-8(14(20,21)22)2-4-10(12)16/h1-6H. The van der Waals surface area contributed by atoms with Crippen molar-refractivity contribution >= 4 is 43.2 Å². The highest BCUT2D eigenvalue weighted by atomic mass is 79.9. The summed E-state index contributed by atoms with van der Waals surface area (Å²) < 4.78 is 76.6. The van der Waals surface area contributed by atoms with E-state index in [9.17, 15) is 26.3 Å². The maximum Gasteiger partial charge on any atom is 0.416 e. The van der Waals surface area contributed by atoms with Gasteiger partial charge in [0.1, 0.15) is 11.4 Å². The van der Waals surface area contributed by atoms with Gasteiger partial charge in [-0.2, -0.15) is 26.3 Å². The van der Waals surface area contributed by atoms with Crippen molar-refractivity contribution in [2.75, 3.05) is 0 Å². The van der Waals surface area contributed by atoms with Crippen LogP contribution < -0.4 is 0 Å². The fourth-order valence-corrected chi connectivity index (χ4v) is 2.29. The summed E-state index contributed by atoms with van der Waals surface area (Å²) in [4.78, 5) is 0. The predicted molar refractivity (Wildman–Crippen MR) is 82.5 cm³/mol. The van der Waals surface area contributed by atoms with Gasteiger partial charge in [0.2, 0.25) is 0 Å². The van der Waals surface area contributed by atoms with E-state index in [4.69, 9.17) is 0 Å². The molecule has 0 spiro atoms. The van der Waals surface area contributed by atoms with Gasteiger partial charge in [-0.1, -0.05) is 0 Å². The van der Waals surface area contributed by atoms with Crippen molar-refractivity contribution in [2.24, 2.45) is 10.2 Å². The van der Waals surface area contributed by atoms with Crippen LogP contribution in [0.25, 0.3) is 0 Å². The first-order valence-corrected chi connectivity index (χ1v) is 7.72. The molecule has 24 heavy (non-hydrogen) atoms. The van der Waals surface area contributed by atoms with Crippen LogP contribution >= 0.6 is 31.9 Å². The predicted octanol–water partition coefficient (Wildman–Crippen LogP) is 7.66. The van der Waals surface area contributed by atoms with E-state index in [2.05, 4.69) is 42.1 Å². The van der Waals surface area contributed by atoms with Gasteiger partial charge in [-0.3, -0.25) is 0 Å². The third-order valence-electron chi connectivity index (χ3n) is 2.81. The SMILES string of the molecule is FC(F)(F)c1ccc(Br)c(N=Nc2cc(C(F)(F)F)ccc2Br)c1. The molecule has 0 aromatic heterocycles. The number of halogens is 8. The van der Waals surface area contributed by atoms with Gasteiger partial charge in [-0.15, -0.1) is 10.2 Å². The van der Waals surface area contributed by atoms with Gasteiger partial charge in [-0.05, 0) is 68.3 Å². The van der Waals surface area contributed by atoms with Crippen LogP contribution in [0.3, 0.4) is 0 Å². The Bertz CT molecular complexity index is 718. The number of alkyl halides is 6. The van der Waals surface area contributed by atoms with E-state index >= 15 is 0 Å². The fourth-order valence-electron chi connectivity index (χ4n) is 1.64. The van der Waals surface area contributed by atoms with Crippen molar-refractivity contribution in [1.29, 1.82) is 0 Å². The number of hydrogen-bond acceptors (Lipinski definition) is 2. The number of hydrogen-bond donors (Lipinski definition) is 0. The Morgan fingerprint density at radius 1 is 0.625 bits per heavy atom. The second-order valence-corrected chi connectivity index (χ2v) is 6.24. The smallest absolute Gasteiger partial charge is 0.166 e. The molecule has 2 aromatic rings. The van der Waals surface area contributed by atoms with Crippen molar-refractivity contribution in [1.82, 2.24) is 0 Å². The highest BCUT2D eigenvalue weighted by Crippen LogP contribution is 2.38. The third kappa shape index (κ3) is 4.56. The van der Waals surface area contributed by atoms with Crippen LogP contribution in [0.15, 0.2) is 55.6 Å². The largest absolute Gasteiger partial charge is 0.416 e. The molecule has 0 bridgehead atoms. The van der Waals surface area contributed by atoms with Crippen LogP contribution in [0.4, 0.5) is 37.7 Å². The summed E-state index contributed by atoms with van der Waals surface area (Å²) in [5.41, 5.74) is -2.20. The van der Waals surface area contributed by atoms with Gasteiger partial charge in [0, 0.05) is 8.95 Å². The van der Waals surface area contributed by atoms with E-state index in [-0.39, 0.29) is 20.3 Å². The van der Waals surface area contributed by atoms with Crippen LogP contribution in [-0.4, -0.2) is 0 Å². The molecule has 128 valence electrons. The van der Waals surface area contributed by atoms with Crippen molar-refractivity contribution in [2.45, 2.75) is 12.4 Å². The summed E-state index contributed by atoms with van der Waals surface area (Å²) >= 11 is 6.05. The lowest BCUT2D eigenvalue weighted by atomic mass is 10.2. The molecule has 0 fully saturated rings. The first-order chi connectivity index (χ1) is 11.0. The van der Waals surface area contributed by atoms with Crippen LogP contribution in [-0.2, 0) is 12.4 Å². The molecule has 0 heterocycles. The summed E-state index contributed by atoms with van der Waals surface area (Å²) in [6.07, 6.45) is -9.14. The van der Waals surface area contributed by atoms with E-state index < -0.39 is 23.5 Å². The lowest BCUT2D eigenvalue weighted by Gasteiger charge is -2.08. The minimum Gasteiger partial charge on any atom is -0.166 e. The number of benzene rings is 2. The zero-order valence-electron chi connectivity index (χ0n) is 11.4. The molecule has 10 heteroatoms. The molecule has 0 unspecified atom stereocenters. The Kier molecular flexibility index (Phi) is 5.38. The molecule has 0 aliphatic carbocycles. The van der Waals surface area contributed by atoms with Crippen molar-refractivity contribution < 1.29 is 26.3 Å². The molecule has 2 rings (SSSR count). The normalized spacial score (nSPS) is 12.8. The van der Waals surface area contributed by atoms with Crippen molar-refractivity contribution in [3.05, 3.63) is 56.5 Å². The molecule has 0 saturated heterocycles. The second-order valence-electron chi connectivity index (χ2n) is 4.53. The van der Waals surface area contributed by atoms with Crippen LogP contribution in [0.1, 0.15) is 11.1 Å². The molecular weight excluding hydrogens is 470 g/mol. The maximum absolute atomic E-state index is 12.7. The summed E-state index contributed by atoms with van der Waals surface area (Å²) in [5.74, 6) is 0. The van der Waals surface area contributed by atoms with Gasteiger partial charge >= 0.3 is 12.4 Å². The summed E-state index contributed by atoms with van der Waals surface area (Å²) in [5, 5.41) is 7.23. The van der Waals surface area contributed by atoms with Gasteiger partial charge < -0.3 is 0 Å². The Labute approximate surface area is 148 Å². The minimum atomic E-state index is -4.57. The van der Waals surface area contributed by atoms with E-state index in [0.29, 0.717) is 0 Å². The Morgan fingerprint density at radius 2 is 0.958 bits per heavy atom. The third-order valence-corrected chi connectivity index (χ3v) is 4.15. The average Bonchev–Trinajstić information content (AvgIpc) is 2.45. The zero-order chi connectivity index (χ0) is 18.1. The van der Waals surface area contributed by atoms with Gasteiger partial charge in [0.15, 0.2) is 0 Å². The lowest BCUT2D eigenvalue weighted by Crippen LogP contribution is -2.04. The highest BCUT2D eigenvalue weighted by Gasteiger charge is 2.32. The van der Waals surface area contributed by atoms with Crippen LogP contribution in [0.2, 0.25) is 0 Å². The monoisotopic (exact) mass is 474 g/mol. The molecule has 0 radical (unpaired) electrons. The van der Waals surface area contributed by atoms with E-state index in [1.807, 2.05) is 0 Å². The lowest BCUT2D eigenvalue weighted by molar-refractivity contribution is -0.138. The molecule has 0 saturated carbocycles. The first kappa shape index (κ1) is 18.9. The average molecular weight is 476 g/mol. The van der Waals surface area contributed by atoms with Gasteiger partial charge in [-0.25, -0.2) is 0 Å². The molecule has 0 atom stereocenters. The molecule has 0 aliphatic heterocycles. The van der Waals surface area contributed by atoms with Crippen molar-refractivity contribution in [3.8, 4) is 0 Å². The van der Waals surface area contributed by atoms with Crippen molar-refractivity contribution in [3.63, 3.8) is 0 Å². The summed E-state index contributed by atoms with van der Waals surface area (Å²) in [6, 6.07) is 5.47. The van der Waals surface area contributed by atoms with E-state index in [1.54, 1.807) is 0 Å². The Hall–Kier alpha value is -1.42. The van der Waals surface area contributed by atoms with Crippen LogP contribution in [0.5, 0.6) is 0 Å². The second kappa shape index (κ2) is 6.83. The molecule has 2 aromatic carbocycles. The highest BCUT2D eigenvalue weighted by molar-refractivity contribution is 9.11. The topological polar surface area (TPSA) is 24.7 Å². The Balaban J connectivity index is 2.41. The molecule has 0 aliphatic rings. The number of rotatable bonds is 2. The molecular formula is C14H6Br2F6N2. The number of azo groups is 1. The van der Waals surface area contributed by atoms with E-state index in [1.165, 1.54) is 0 Å². The fraction of sp³-hybridized carbons (Fsp3) is 0.143. The summed E-state index contributed by atoms with van der Waals surface area (Å²) in [6.45, 7) is 0. The van der Waals surface area contributed by atoms with Gasteiger partial charge in [0.05, 0.1) is 11.1 Å². The van der Waals surface area contributed by atoms with Gasteiger partial charge in [0.25, 0.3) is 0 Å². The molecule has 0 amide bonds. The molecule has 2 nitrogen and oxygen atoms in total. The van der Waals surface area contributed by atoms with E-state index in [0.717, 1.165) is 36.4 Å². The molecule has 0 N–H and O–H groups in total. The zero-order valence-corrected chi connectivity index (χ0v) is 14.6. The minimum absolute atomic E-state index is 0.158. The quantitative estimate of drug-likeness (QED) is 0.314. The summed E-state index contributed by atoms with van der Waals surface area (Å²) in [7, 11) is 0.